The van der Waals surface area contributed by atoms with E-state index in [1.165, 1.54) is 6.42 Å². The number of ketones is 1. The van der Waals surface area contributed by atoms with Crippen molar-refractivity contribution >= 4 is 5.78 Å². The van der Waals surface area contributed by atoms with Gasteiger partial charge in [0, 0.05) is 12.8 Å². The monoisotopic (exact) mass is 172 g/mol. The van der Waals surface area contributed by atoms with Gasteiger partial charge in [-0.3, -0.25) is 4.79 Å². The number of carbonyl (C=O) groups excluding carboxylic acids is 1. The Hall–Kier alpha value is -0.400. The number of hydrogen-bond acceptors (Lipinski definition) is 1. The maximum Gasteiger partial charge on any atom is 0.135 e. The van der Waals surface area contributed by atoms with Crippen molar-refractivity contribution in [1.29, 1.82) is 0 Å². The lowest BCUT2D eigenvalue weighted by atomic mass is 9.99. The van der Waals surface area contributed by atoms with Crippen LogP contribution in [0.2, 0.25) is 0 Å². The highest BCUT2D eigenvalue weighted by Crippen LogP contribution is 2.16. The molecule has 12 heavy (non-hydrogen) atoms. The molecule has 1 saturated carbocycles. The fourth-order valence-corrected chi connectivity index (χ4v) is 1.67. The lowest BCUT2D eigenvalue weighted by Crippen LogP contribution is -2.10. The van der Waals surface area contributed by atoms with Gasteiger partial charge in [-0.2, -0.15) is 0 Å². The summed E-state index contributed by atoms with van der Waals surface area (Å²) in [5.74, 6) is 0.115. The third-order valence-corrected chi connectivity index (χ3v) is 2.42. The number of hydrogen-bond donors (Lipinski definition) is 0. The highest BCUT2D eigenvalue weighted by Gasteiger charge is 2.13. The summed E-state index contributed by atoms with van der Waals surface area (Å²) < 4.78 is 13.0. The van der Waals surface area contributed by atoms with E-state index in [0.29, 0.717) is 12.8 Å². The molecule has 0 aromatic carbocycles. The smallest absolute Gasteiger partial charge is 0.135 e. The second-order valence-corrected chi connectivity index (χ2v) is 3.65. The quantitative estimate of drug-likeness (QED) is 0.549. The fraction of sp³-hybridized carbons (Fsp3) is 0.900. The first kappa shape index (κ1) is 9.69. The number of rotatable bonds is 0. The second kappa shape index (κ2) is 5.28. The molecular formula is C10H17FO. The highest BCUT2D eigenvalue weighted by molar-refractivity contribution is 5.78. The molecule has 2 heteroatoms. The first-order chi connectivity index (χ1) is 5.79. The van der Waals surface area contributed by atoms with Crippen LogP contribution in [0.5, 0.6) is 0 Å². The number of alkyl halides is 1. The van der Waals surface area contributed by atoms with Gasteiger partial charge in [-0.05, 0) is 12.8 Å². The van der Waals surface area contributed by atoms with E-state index in [1.54, 1.807) is 0 Å². The van der Waals surface area contributed by atoms with E-state index in [-0.39, 0.29) is 12.2 Å². The normalized spacial score (nSPS) is 28.4. The maximum absolute atomic E-state index is 13.0. The van der Waals surface area contributed by atoms with Gasteiger partial charge in [-0.1, -0.05) is 25.7 Å². The molecule has 0 saturated heterocycles. The summed E-state index contributed by atoms with van der Waals surface area (Å²) in [4.78, 5) is 11.1. The van der Waals surface area contributed by atoms with Crippen molar-refractivity contribution in [2.45, 2.75) is 57.5 Å². The average molecular weight is 172 g/mol. The molecule has 1 aliphatic rings. The Morgan fingerprint density at radius 3 is 2.58 bits per heavy atom. The van der Waals surface area contributed by atoms with E-state index in [0.717, 1.165) is 25.7 Å². The standard InChI is InChI=1S/C10H17FO/c11-9-6-4-2-1-3-5-7-10(12)8-9/h9H,1-8H2. The summed E-state index contributed by atoms with van der Waals surface area (Å²) in [6, 6.07) is 0. The third-order valence-electron chi connectivity index (χ3n) is 2.42. The van der Waals surface area contributed by atoms with Crippen LogP contribution >= 0.6 is 0 Å². The summed E-state index contributed by atoms with van der Waals surface area (Å²) >= 11 is 0. The SMILES string of the molecule is O=C1CCCCCCCC(F)C1. The predicted molar refractivity (Wildman–Crippen MR) is 46.8 cm³/mol. The van der Waals surface area contributed by atoms with Crippen LogP contribution in [0, 0.1) is 0 Å². The Labute approximate surface area is 73.3 Å². The Balaban J connectivity index is 2.29. The summed E-state index contributed by atoms with van der Waals surface area (Å²) in [7, 11) is 0. The zero-order chi connectivity index (χ0) is 8.81. The summed E-state index contributed by atoms with van der Waals surface area (Å²) in [6.07, 6.45) is 5.85. The Morgan fingerprint density at radius 2 is 1.75 bits per heavy atom. The van der Waals surface area contributed by atoms with Crippen LogP contribution in [-0.4, -0.2) is 12.0 Å². The molecule has 1 nitrogen and oxygen atoms in total. The Bertz CT molecular complexity index is 145. The Kier molecular flexibility index (Phi) is 4.26. The minimum atomic E-state index is -0.865. The molecule has 0 bridgehead atoms. The van der Waals surface area contributed by atoms with Gasteiger partial charge >= 0.3 is 0 Å². The van der Waals surface area contributed by atoms with Crippen molar-refractivity contribution in [2.24, 2.45) is 0 Å². The molecule has 0 heterocycles. The number of halogens is 1. The van der Waals surface area contributed by atoms with Gasteiger partial charge in [0.05, 0.1) is 0 Å². The number of Topliss-reactive ketones (excluding diaryl/α,β-unsaturated/α-hetero) is 1. The Morgan fingerprint density at radius 1 is 1.08 bits per heavy atom. The maximum atomic E-state index is 13.0. The zero-order valence-corrected chi connectivity index (χ0v) is 7.52. The molecule has 1 rings (SSSR count). The minimum absolute atomic E-state index is 0.115. The topological polar surface area (TPSA) is 17.1 Å². The van der Waals surface area contributed by atoms with E-state index in [9.17, 15) is 9.18 Å². The van der Waals surface area contributed by atoms with Crippen LogP contribution in [0.1, 0.15) is 51.4 Å². The van der Waals surface area contributed by atoms with Crippen LogP contribution in [0.3, 0.4) is 0 Å². The van der Waals surface area contributed by atoms with Crippen LogP contribution in [0.15, 0.2) is 0 Å². The van der Waals surface area contributed by atoms with Gasteiger partial charge in [-0.25, -0.2) is 4.39 Å². The zero-order valence-electron chi connectivity index (χ0n) is 7.52. The first-order valence-electron chi connectivity index (χ1n) is 4.95. The van der Waals surface area contributed by atoms with Gasteiger partial charge in [0.15, 0.2) is 0 Å². The summed E-state index contributed by atoms with van der Waals surface area (Å²) in [5, 5.41) is 0. The van der Waals surface area contributed by atoms with Crippen molar-refractivity contribution in [2.75, 3.05) is 0 Å². The van der Waals surface area contributed by atoms with Crippen molar-refractivity contribution in [1.82, 2.24) is 0 Å². The molecule has 0 radical (unpaired) electrons. The van der Waals surface area contributed by atoms with Gasteiger partial charge in [0.25, 0.3) is 0 Å². The van der Waals surface area contributed by atoms with Crippen molar-refractivity contribution in [3.05, 3.63) is 0 Å². The van der Waals surface area contributed by atoms with E-state index < -0.39 is 6.17 Å². The minimum Gasteiger partial charge on any atom is -0.300 e. The van der Waals surface area contributed by atoms with Crippen molar-refractivity contribution in [3.8, 4) is 0 Å². The molecule has 1 aliphatic carbocycles. The molecule has 0 aromatic rings. The lowest BCUT2D eigenvalue weighted by molar-refractivity contribution is -0.120. The largest absolute Gasteiger partial charge is 0.300 e. The molecule has 1 fully saturated rings. The van der Waals surface area contributed by atoms with E-state index in [1.807, 2.05) is 0 Å². The van der Waals surface area contributed by atoms with Crippen LogP contribution in [0.25, 0.3) is 0 Å². The van der Waals surface area contributed by atoms with Crippen molar-refractivity contribution in [3.63, 3.8) is 0 Å². The van der Waals surface area contributed by atoms with Gasteiger partial charge in [0.1, 0.15) is 12.0 Å². The van der Waals surface area contributed by atoms with Gasteiger partial charge in [0.2, 0.25) is 0 Å². The molecule has 0 spiro atoms. The van der Waals surface area contributed by atoms with E-state index in [2.05, 4.69) is 0 Å². The number of carbonyl (C=O) groups is 1. The lowest BCUT2D eigenvalue weighted by Gasteiger charge is -2.09. The van der Waals surface area contributed by atoms with Crippen molar-refractivity contribution < 1.29 is 9.18 Å². The molecule has 0 aromatic heterocycles. The third kappa shape index (κ3) is 3.84. The summed E-state index contributed by atoms with van der Waals surface area (Å²) in [5.41, 5.74) is 0. The van der Waals surface area contributed by atoms with Gasteiger partial charge < -0.3 is 0 Å². The van der Waals surface area contributed by atoms with Crippen LogP contribution < -0.4 is 0 Å². The first-order valence-corrected chi connectivity index (χ1v) is 4.95. The van der Waals surface area contributed by atoms with E-state index >= 15 is 0 Å². The molecule has 0 amide bonds. The summed E-state index contributed by atoms with van der Waals surface area (Å²) in [6.45, 7) is 0. The molecule has 0 aliphatic heterocycles. The average Bonchev–Trinajstić information content (AvgIpc) is 2.02. The van der Waals surface area contributed by atoms with Crippen LogP contribution in [-0.2, 0) is 4.79 Å². The molecule has 70 valence electrons. The van der Waals surface area contributed by atoms with Crippen LogP contribution in [0.4, 0.5) is 4.39 Å². The molecule has 1 atom stereocenters. The molecule has 0 N–H and O–H groups in total. The molecule has 1 unspecified atom stereocenters. The highest BCUT2D eigenvalue weighted by atomic mass is 19.1. The molecular weight excluding hydrogens is 155 g/mol. The fourth-order valence-electron chi connectivity index (χ4n) is 1.67. The second-order valence-electron chi connectivity index (χ2n) is 3.65. The van der Waals surface area contributed by atoms with E-state index in [4.69, 9.17) is 0 Å². The predicted octanol–water partition coefficient (Wildman–Crippen LogP) is 3.03. The van der Waals surface area contributed by atoms with Gasteiger partial charge in [-0.15, -0.1) is 0 Å².